The summed E-state index contributed by atoms with van der Waals surface area (Å²) in [5.41, 5.74) is 3.60. The van der Waals surface area contributed by atoms with Crippen LogP contribution in [0.15, 0.2) is 17.2 Å². The molecular weight excluding hydrogens is 348 g/mol. The van der Waals surface area contributed by atoms with Gasteiger partial charge in [-0.05, 0) is 55.5 Å². The van der Waals surface area contributed by atoms with E-state index < -0.39 is 0 Å². The first-order chi connectivity index (χ1) is 13.1. The van der Waals surface area contributed by atoms with Crippen molar-refractivity contribution in [3.63, 3.8) is 0 Å². The fourth-order valence-electron chi connectivity index (χ4n) is 3.67. The third kappa shape index (κ3) is 4.77. The van der Waals surface area contributed by atoms with Gasteiger partial charge in [-0.25, -0.2) is 5.06 Å². The number of ether oxygens (including phenoxy) is 2. The van der Waals surface area contributed by atoms with E-state index in [0.717, 1.165) is 55.6 Å². The van der Waals surface area contributed by atoms with Gasteiger partial charge in [-0.2, -0.15) is 0 Å². The van der Waals surface area contributed by atoms with Crippen molar-refractivity contribution in [2.75, 3.05) is 57.3 Å². The van der Waals surface area contributed by atoms with Gasteiger partial charge in [0.25, 0.3) is 0 Å². The summed E-state index contributed by atoms with van der Waals surface area (Å²) in [6.45, 7) is 3.83. The minimum Gasteiger partial charge on any atom is -0.383 e. The van der Waals surface area contributed by atoms with Crippen LogP contribution in [0.1, 0.15) is 30.4 Å². The number of hydrogen-bond acceptors (Lipinski definition) is 8. The first kappa shape index (κ1) is 20.0. The first-order valence-corrected chi connectivity index (χ1v) is 9.55. The second-order valence-corrected chi connectivity index (χ2v) is 7.01. The molecule has 8 heteroatoms. The molecular formula is C19H30N4O4. The Morgan fingerprint density at radius 3 is 2.26 bits per heavy atom. The maximum Gasteiger partial charge on any atom is 0.157 e. The van der Waals surface area contributed by atoms with Crippen molar-refractivity contribution in [3.05, 3.63) is 23.3 Å². The minimum atomic E-state index is 0.446. The van der Waals surface area contributed by atoms with Crippen LogP contribution in [0.3, 0.4) is 0 Å². The Bertz CT molecular complexity index is 659. The highest BCUT2D eigenvalue weighted by atomic mass is 16.5. The number of rotatable bonds is 10. The topological polar surface area (TPSA) is 81.0 Å². The molecule has 0 bridgehead atoms. The van der Waals surface area contributed by atoms with Gasteiger partial charge in [-0.15, -0.1) is 10.3 Å². The molecule has 0 amide bonds. The summed E-state index contributed by atoms with van der Waals surface area (Å²) in [7, 11) is 3.39. The SMILES string of the molecule is COCCN(CCCC1=NN(O)c2cc3c(cc2N1O)CCC3)CCOC. The average molecular weight is 378 g/mol. The number of benzene rings is 1. The molecule has 2 aliphatic rings. The summed E-state index contributed by atoms with van der Waals surface area (Å²) in [6, 6.07) is 3.90. The summed E-state index contributed by atoms with van der Waals surface area (Å²) in [4.78, 5) is 2.26. The number of methoxy groups -OCH3 is 2. The molecule has 2 N–H and O–H groups in total. The largest absolute Gasteiger partial charge is 0.383 e. The van der Waals surface area contributed by atoms with Crippen LogP contribution in [0.4, 0.5) is 11.4 Å². The summed E-state index contributed by atoms with van der Waals surface area (Å²) in [5, 5.41) is 27.1. The van der Waals surface area contributed by atoms with Crippen LogP contribution in [0.2, 0.25) is 0 Å². The van der Waals surface area contributed by atoms with Gasteiger partial charge in [0.05, 0.1) is 18.9 Å². The second-order valence-electron chi connectivity index (χ2n) is 7.01. The number of anilines is 2. The van der Waals surface area contributed by atoms with E-state index in [9.17, 15) is 10.4 Å². The van der Waals surface area contributed by atoms with E-state index in [1.54, 1.807) is 14.2 Å². The quantitative estimate of drug-likeness (QED) is 0.646. The number of hydrogen-bond donors (Lipinski definition) is 2. The number of hydrazone groups is 1. The lowest BCUT2D eigenvalue weighted by atomic mass is 10.1. The zero-order valence-electron chi connectivity index (χ0n) is 16.2. The van der Waals surface area contributed by atoms with Crippen LogP contribution in [0.5, 0.6) is 0 Å². The molecule has 0 fully saturated rings. The molecule has 1 aromatic rings. The van der Waals surface area contributed by atoms with Crippen LogP contribution in [0.25, 0.3) is 0 Å². The van der Waals surface area contributed by atoms with Crippen LogP contribution in [-0.4, -0.2) is 68.2 Å². The van der Waals surface area contributed by atoms with E-state index in [1.807, 2.05) is 12.1 Å². The molecule has 0 radical (unpaired) electrons. The smallest absolute Gasteiger partial charge is 0.157 e. The minimum absolute atomic E-state index is 0.446. The molecule has 1 aromatic carbocycles. The highest BCUT2D eigenvalue weighted by Gasteiger charge is 2.27. The van der Waals surface area contributed by atoms with Gasteiger partial charge in [0.1, 0.15) is 5.69 Å². The monoisotopic (exact) mass is 378 g/mol. The Labute approximate surface area is 160 Å². The van der Waals surface area contributed by atoms with Gasteiger partial charge in [0.2, 0.25) is 0 Å². The zero-order chi connectivity index (χ0) is 19.2. The van der Waals surface area contributed by atoms with Crippen molar-refractivity contribution in [2.24, 2.45) is 5.10 Å². The third-order valence-corrected chi connectivity index (χ3v) is 5.19. The second kappa shape index (κ2) is 9.48. The molecule has 27 heavy (non-hydrogen) atoms. The molecule has 150 valence electrons. The van der Waals surface area contributed by atoms with Crippen molar-refractivity contribution >= 4 is 17.2 Å². The fourth-order valence-corrected chi connectivity index (χ4v) is 3.67. The fraction of sp³-hybridized carbons (Fsp3) is 0.632. The zero-order valence-corrected chi connectivity index (χ0v) is 16.2. The number of amidine groups is 1. The summed E-state index contributed by atoms with van der Waals surface area (Å²) in [6.07, 6.45) is 4.50. The van der Waals surface area contributed by atoms with Crippen molar-refractivity contribution in [1.29, 1.82) is 0 Å². The Morgan fingerprint density at radius 2 is 1.63 bits per heavy atom. The van der Waals surface area contributed by atoms with E-state index in [-0.39, 0.29) is 0 Å². The lowest BCUT2D eigenvalue weighted by molar-refractivity contribution is 0.113. The van der Waals surface area contributed by atoms with Crippen molar-refractivity contribution in [1.82, 2.24) is 4.90 Å². The van der Waals surface area contributed by atoms with Crippen LogP contribution in [0, 0.1) is 0 Å². The number of aryl methyl sites for hydroxylation is 2. The maximum absolute atomic E-state index is 10.6. The molecule has 3 rings (SSSR count). The molecule has 1 heterocycles. The highest BCUT2D eigenvalue weighted by molar-refractivity contribution is 6.01. The number of nitrogens with zero attached hydrogens (tertiary/aromatic N) is 4. The molecule has 0 saturated heterocycles. The summed E-state index contributed by atoms with van der Waals surface area (Å²) >= 11 is 0. The van der Waals surface area contributed by atoms with Gasteiger partial charge in [-0.3, -0.25) is 15.3 Å². The highest BCUT2D eigenvalue weighted by Crippen LogP contribution is 2.38. The van der Waals surface area contributed by atoms with Crippen LogP contribution < -0.4 is 10.2 Å². The van der Waals surface area contributed by atoms with Crippen LogP contribution >= 0.6 is 0 Å². The molecule has 0 aromatic heterocycles. The standard InChI is InChI=1S/C19H30N4O4/c1-26-11-9-21(10-12-27-2)8-4-7-19-20-23(25)18-14-16-6-3-5-15(16)13-17(18)22(19)24/h13-14,24-25H,3-12H2,1-2H3. The van der Waals surface area contributed by atoms with E-state index in [4.69, 9.17) is 9.47 Å². The van der Waals surface area contributed by atoms with Crippen molar-refractivity contribution < 1.29 is 19.9 Å². The molecule has 0 atom stereocenters. The predicted molar refractivity (Wildman–Crippen MR) is 104 cm³/mol. The van der Waals surface area contributed by atoms with E-state index in [2.05, 4.69) is 10.0 Å². The molecule has 1 aliphatic heterocycles. The predicted octanol–water partition coefficient (Wildman–Crippen LogP) is 2.27. The Kier molecular flexibility index (Phi) is 7.03. The molecule has 0 saturated carbocycles. The summed E-state index contributed by atoms with van der Waals surface area (Å²) < 4.78 is 10.3. The first-order valence-electron chi connectivity index (χ1n) is 9.55. The summed E-state index contributed by atoms with van der Waals surface area (Å²) in [5.74, 6) is 0.446. The third-order valence-electron chi connectivity index (χ3n) is 5.19. The van der Waals surface area contributed by atoms with Gasteiger partial charge in [0.15, 0.2) is 5.84 Å². The number of hydroxylamine groups is 1. The van der Waals surface area contributed by atoms with Gasteiger partial charge >= 0.3 is 0 Å². The maximum atomic E-state index is 10.6. The van der Waals surface area contributed by atoms with Crippen LogP contribution in [-0.2, 0) is 22.3 Å². The van der Waals surface area contributed by atoms with Gasteiger partial charge < -0.3 is 9.47 Å². The van der Waals surface area contributed by atoms with E-state index in [1.165, 1.54) is 11.1 Å². The molecule has 0 spiro atoms. The van der Waals surface area contributed by atoms with Crippen molar-refractivity contribution in [2.45, 2.75) is 32.1 Å². The van der Waals surface area contributed by atoms with Crippen molar-refractivity contribution in [3.8, 4) is 0 Å². The normalized spacial score (nSPS) is 16.0. The molecule has 1 aliphatic carbocycles. The lowest BCUT2D eigenvalue weighted by Gasteiger charge is -2.30. The van der Waals surface area contributed by atoms with Gasteiger partial charge in [0, 0.05) is 33.7 Å². The molecule has 0 unspecified atom stereocenters. The van der Waals surface area contributed by atoms with E-state index in [0.29, 0.717) is 36.8 Å². The van der Waals surface area contributed by atoms with Gasteiger partial charge in [-0.1, -0.05) is 0 Å². The molecule has 8 nitrogen and oxygen atoms in total. The average Bonchev–Trinajstić information content (AvgIpc) is 3.13. The van der Waals surface area contributed by atoms with E-state index >= 15 is 0 Å². The Morgan fingerprint density at radius 1 is 1.00 bits per heavy atom. The Hall–Kier alpha value is -1.71. The lowest BCUT2D eigenvalue weighted by Crippen LogP contribution is -2.37. The number of fused-ring (bicyclic) bond motifs is 2. The Balaban J connectivity index is 1.61.